The van der Waals surface area contributed by atoms with Gasteiger partial charge in [0.2, 0.25) is 0 Å². The summed E-state index contributed by atoms with van der Waals surface area (Å²) >= 11 is 1.81. The molecular weight excluding hydrogens is 258 g/mol. The average Bonchev–Trinajstić information content (AvgIpc) is 2.69. The number of rotatable bonds is 9. The summed E-state index contributed by atoms with van der Waals surface area (Å²) in [6, 6.07) is 0. The second kappa shape index (κ2) is 8.64. The lowest BCUT2D eigenvalue weighted by Crippen LogP contribution is -2.19. The van der Waals surface area contributed by atoms with Gasteiger partial charge in [0, 0.05) is 31.5 Å². The summed E-state index contributed by atoms with van der Waals surface area (Å²) < 4.78 is 5.24. The van der Waals surface area contributed by atoms with Gasteiger partial charge in [-0.2, -0.15) is 0 Å². The molecule has 1 aromatic rings. The standard InChI is InChI=1S/C14H27N3OS/c1-11(2)8-15-9-13-12(10-18-5)16-14(19-13)6-7-17(3)4/h11,15H,6-10H2,1-5H3. The molecule has 0 bridgehead atoms. The Morgan fingerprint density at radius 3 is 2.68 bits per heavy atom. The fraction of sp³-hybridized carbons (Fsp3) is 0.786. The Hall–Kier alpha value is -0.490. The van der Waals surface area contributed by atoms with Crippen LogP contribution in [0.1, 0.15) is 29.4 Å². The van der Waals surface area contributed by atoms with E-state index in [4.69, 9.17) is 9.72 Å². The Morgan fingerprint density at radius 1 is 1.37 bits per heavy atom. The van der Waals surface area contributed by atoms with Gasteiger partial charge in [-0.15, -0.1) is 11.3 Å². The molecule has 0 aliphatic heterocycles. The molecule has 0 fully saturated rings. The minimum Gasteiger partial charge on any atom is -0.378 e. The molecule has 0 saturated carbocycles. The molecule has 5 heteroatoms. The number of hydrogen-bond donors (Lipinski definition) is 1. The van der Waals surface area contributed by atoms with Crippen molar-refractivity contribution >= 4 is 11.3 Å². The third-order valence-corrected chi connectivity index (χ3v) is 3.87. The number of aromatic nitrogens is 1. The zero-order valence-corrected chi connectivity index (χ0v) is 13.6. The van der Waals surface area contributed by atoms with E-state index >= 15 is 0 Å². The third-order valence-electron chi connectivity index (χ3n) is 2.71. The minimum absolute atomic E-state index is 0.608. The highest BCUT2D eigenvalue weighted by molar-refractivity contribution is 7.11. The van der Waals surface area contributed by atoms with Crippen LogP contribution in [0.2, 0.25) is 0 Å². The Kier molecular flexibility index (Phi) is 7.53. The van der Waals surface area contributed by atoms with Gasteiger partial charge in [0.15, 0.2) is 0 Å². The molecule has 19 heavy (non-hydrogen) atoms. The number of likely N-dealkylation sites (N-methyl/N-ethyl adjacent to an activating group) is 1. The van der Waals surface area contributed by atoms with E-state index in [1.165, 1.54) is 9.88 Å². The Balaban J connectivity index is 2.60. The lowest BCUT2D eigenvalue weighted by Gasteiger charge is -2.07. The average molecular weight is 285 g/mol. The summed E-state index contributed by atoms with van der Waals surface area (Å²) in [4.78, 5) is 8.20. The molecule has 0 unspecified atom stereocenters. The van der Waals surface area contributed by atoms with E-state index in [2.05, 4.69) is 38.2 Å². The van der Waals surface area contributed by atoms with Crippen molar-refractivity contribution in [2.45, 2.75) is 33.4 Å². The van der Waals surface area contributed by atoms with Crippen molar-refractivity contribution in [2.24, 2.45) is 5.92 Å². The van der Waals surface area contributed by atoms with Crippen molar-refractivity contribution in [3.63, 3.8) is 0 Å². The maximum absolute atomic E-state index is 5.24. The van der Waals surface area contributed by atoms with Crippen molar-refractivity contribution in [2.75, 3.05) is 34.3 Å². The van der Waals surface area contributed by atoms with Gasteiger partial charge in [-0.1, -0.05) is 13.8 Å². The Labute approximate surface area is 121 Å². The first-order valence-corrected chi connectivity index (χ1v) is 7.66. The van der Waals surface area contributed by atoms with Crippen molar-refractivity contribution < 1.29 is 4.74 Å². The minimum atomic E-state index is 0.608. The number of nitrogens with zero attached hydrogens (tertiary/aromatic N) is 2. The van der Waals surface area contributed by atoms with E-state index in [0.29, 0.717) is 12.5 Å². The van der Waals surface area contributed by atoms with Crippen LogP contribution >= 0.6 is 11.3 Å². The molecule has 1 N–H and O–H groups in total. The molecule has 0 aromatic carbocycles. The molecule has 0 radical (unpaired) electrons. The zero-order chi connectivity index (χ0) is 14.3. The van der Waals surface area contributed by atoms with Crippen LogP contribution in [0.25, 0.3) is 0 Å². The first-order valence-electron chi connectivity index (χ1n) is 6.84. The number of ether oxygens (including phenoxy) is 1. The van der Waals surface area contributed by atoms with Gasteiger partial charge in [0.1, 0.15) is 0 Å². The monoisotopic (exact) mass is 285 g/mol. The van der Waals surface area contributed by atoms with E-state index in [1.54, 1.807) is 7.11 Å². The fourth-order valence-electron chi connectivity index (χ4n) is 1.72. The van der Waals surface area contributed by atoms with Gasteiger partial charge >= 0.3 is 0 Å². The summed E-state index contributed by atoms with van der Waals surface area (Å²) in [5.41, 5.74) is 1.09. The highest BCUT2D eigenvalue weighted by Crippen LogP contribution is 2.20. The molecular formula is C14H27N3OS. The number of thiazole rings is 1. The topological polar surface area (TPSA) is 37.4 Å². The van der Waals surface area contributed by atoms with Crippen LogP contribution in [-0.4, -0.2) is 44.2 Å². The van der Waals surface area contributed by atoms with Gasteiger partial charge in [0.25, 0.3) is 0 Å². The van der Waals surface area contributed by atoms with Gasteiger partial charge < -0.3 is 15.0 Å². The van der Waals surface area contributed by atoms with Gasteiger partial charge in [-0.05, 0) is 26.6 Å². The molecule has 1 aromatic heterocycles. The van der Waals surface area contributed by atoms with Crippen LogP contribution < -0.4 is 5.32 Å². The van der Waals surface area contributed by atoms with Gasteiger partial charge in [-0.25, -0.2) is 4.98 Å². The largest absolute Gasteiger partial charge is 0.378 e. The number of methoxy groups -OCH3 is 1. The zero-order valence-electron chi connectivity index (χ0n) is 12.8. The summed E-state index contributed by atoms with van der Waals surface area (Å²) in [5.74, 6) is 0.673. The predicted molar refractivity (Wildman–Crippen MR) is 81.6 cm³/mol. The van der Waals surface area contributed by atoms with E-state index in [1.807, 2.05) is 11.3 Å². The van der Waals surface area contributed by atoms with Crippen molar-refractivity contribution in [1.29, 1.82) is 0 Å². The van der Waals surface area contributed by atoms with Crippen LogP contribution in [0.5, 0.6) is 0 Å². The lowest BCUT2D eigenvalue weighted by molar-refractivity contribution is 0.181. The van der Waals surface area contributed by atoms with Crippen molar-refractivity contribution in [3.8, 4) is 0 Å². The van der Waals surface area contributed by atoms with E-state index in [9.17, 15) is 0 Å². The molecule has 0 amide bonds. The van der Waals surface area contributed by atoms with Crippen molar-refractivity contribution in [3.05, 3.63) is 15.6 Å². The summed E-state index contributed by atoms with van der Waals surface area (Å²) in [6.07, 6.45) is 1.01. The van der Waals surface area contributed by atoms with Crippen LogP contribution in [0.15, 0.2) is 0 Å². The Morgan fingerprint density at radius 2 is 2.11 bits per heavy atom. The molecule has 0 spiro atoms. The predicted octanol–water partition coefficient (Wildman–Crippen LogP) is 2.14. The third kappa shape index (κ3) is 6.47. The number of hydrogen-bond acceptors (Lipinski definition) is 5. The van der Waals surface area contributed by atoms with Crippen LogP contribution in [-0.2, 0) is 24.3 Å². The molecule has 0 aliphatic rings. The second-order valence-corrected chi connectivity index (χ2v) is 6.66. The first kappa shape index (κ1) is 16.6. The summed E-state index contributed by atoms with van der Waals surface area (Å²) in [7, 11) is 5.91. The summed E-state index contributed by atoms with van der Waals surface area (Å²) in [5, 5.41) is 4.69. The highest BCUT2D eigenvalue weighted by Gasteiger charge is 2.11. The molecule has 0 saturated heterocycles. The maximum atomic E-state index is 5.24. The molecule has 1 heterocycles. The number of nitrogens with one attached hydrogen (secondary N) is 1. The molecule has 110 valence electrons. The molecule has 0 aliphatic carbocycles. The van der Waals surface area contributed by atoms with Crippen LogP contribution in [0, 0.1) is 5.92 Å². The van der Waals surface area contributed by atoms with Gasteiger partial charge in [0.05, 0.1) is 17.3 Å². The van der Waals surface area contributed by atoms with Gasteiger partial charge in [-0.3, -0.25) is 0 Å². The molecule has 1 rings (SSSR count). The Bertz CT molecular complexity index is 364. The smallest absolute Gasteiger partial charge is 0.0945 e. The van der Waals surface area contributed by atoms with E-state index in [-0.39, 0.29) is 0 Å². The second-order valence-electron chi connectivity index (χ2n) is 5.49. The van der Waals surface area contributed by atoms with E-state index < -0.39 is 0 Å². The molecule has 4 nitrogen and oxygen atoms in total. The molecule has 0 atom stereocenters. The maximum Gasteiger partial charge on any atom is 0.0945 e. The van der Waals surface area contributed by atoms with Crippen LogP contribution in [0.3, 0.4) is 0 Å². The highest BCUT2D eigenvalue weighted by atomic mass is 32.1. The summed E-state index contributed by atoms with van der Waals surface area (Å²) in [6.45, 7) is 8.03. The SMILES string of the molecule is COCc1nc(CCN(C)C)sc1CNCC(C)C. The quantitative estimate of drug-likeness (QED) is 0.754. The van der Waals surface area contributed by atoms with Crippen molar-refractivity contribution in [1.82, 2.24) is 15.2 Å². The van der Waals surface area contributed by atoms with Crippen LogP contribution in [0.4, 0.5) is 0 Å². The first-order chi connectivity index (χ1) is 9.02. The normalized spacial score (nSPS) is 11.7. The lowest BCUT2D eigenvalue weighted by atomic mass is 10.2. The van der Waals surface area contributed by atoms with E-state index in [0.717, 1.165) is 31.7 Å². The fourth-order valence-corrected chi connectivity index (χ4v) is 2.76.